The number of rotatable bonds is 31. The summed E-state index contributed by atoms with van der Waals surface area (Å²) in [4.78, 5) is 22.2. The van der Waals surface area contributed by atoms with Gasteiger partial charge in [-0.2, -0.15) is 0 Å². The third-order valence-electron chi connectivity index (χ3n) is 6.89. The Bertz CT molecular complexity index is 584. The third kappa shape index (κ3) is 29.3. The van der Waals surface area contributed by atoms with Gasteiger partial charge in [0.15, 0.2) is 0 Å². The molecule has 0 saturated carbocycles. The van der Waals surface area contributed by atoms with Crippen molar-refractivity contribution in [1.29, 1.82) is 0 Å². The van der Waals surface area contributed by atoms with Crippen molar-refractivity contribution in [1.82, 2.24) is 5.32 Å². The van der Waals surface area contributed by atoms with Crippen LogP contribution < -0.4 is 5.32 Å². The molecular formula is C30H61BrNO6P. The maximum atomic E-state index is 12.4. The number of phosphoric acid groups is 1. The van der Waals surface area contributed by atoms with E-state index in [9.17, 15) is 14.3 Å². The number of carbonyl (C=O) groups excluding carboxylic acids is 1. The van der Waals surface area contributed by atoms with Crippen LogP contribution in [0.1, 0.15) is 149 Å². The van der Waals surface area contributed by atoms with Crippen LogP contribution in [0, 0.1) is 0 Å². The lowest BCUT2D eigenvalue weighted by atomic mass is 10.1. The molecule has 0 spiro atoms. The first kappa shape index (κ1) is 39.0. The molecule has 7 nitrogen and oxygen atoms in total. The molecule has 2 atom stereocenters. The summed E-state index contributed by atoms with van der Waals surface area (Å²) < 4.78 is 28.0. The summed E-state index contributed by atoms with van der Waals surface area (Å²) in [6.45, 7) is 5.25. The Morgan fingerprint density at radius 1 is 0.718 bits per heavy atom. The van der Waals surface area contributed by atoms with Crippen LogP contribution in [0.15, 0.2) is 0 Å². The number of nitrogens with one attached hydrogen (secondary N) is 1. The predicted molar refractivity (Wildman–Crippen MR) is 167 cm³/mol. The molecule has 0 rings (SSSR count). The Kier molecular flexibility index (Phi) is 29.5. The summed E-state index contributed by atoms with van der Waals surface area (Å²) in [6.07, 6.45) is 24.8. The van der Waals surface area contributed by atoms with Gasteiger partial charge in [-0.15, -0.1) is 0 Å². The second-order valence-electron chi connectivity index (χ2n) is 10.7. The molecule has 234 valence electrons. The van der Waals surface area contributed by atoms with E-state index < -0.39 is 13.9 Å². The summed E-state index contributed by atoms with van der Waals surface area (Å²) in [6, 6.07) is 0. The summed E-state index contributed by atoms with van der Waals surface area (Å²) in [5.41, 5.74) is 0. The fraction of sp³-hybridized carbons (Fsp3) is 0.967. The van der Waals surface area contributed by atoms with Crippen molar-refractivity contribution in [3.8, 4) is 0 Å². The SMILES string of the molecule is CCCCCCCCCCCCCC(=O)NCC(COP(=O)(O)OCCBr)OCCCCCCCCCCC. The predicted octanol–water partition coefficient (Wildman–Crippen LogP) is 9.25. The van der Waals surface area contributed by atoms with Gasteiger partial charge >= 0.3 is 7.82 Å². The molecule has 2 unspecified atom stereocenters. The molecule has 0 aromatic heterocycles. The molecule has 1 amide bonds. The van der Waals surface area contributed by atoms with Crippen molar-refractivity contribution in [2.45, 2.75) is 155 Å². The fourth-order valence-corrected chi connectivity index (χ4v) is 5.62. The fourth-order valence-electron chi connectivity index (χ4n) is 4.46. The summed E-state index contributed by atoms with van der Waals surface area (Å²) >= 11 is 3.16. The summed E-state index contributed by atoms with van der Waals surface area (Å²) in [7, 11) is -4.14. The van der Waals surface area contributed by atoms with E-state index in [1.807, 2.05) is 0 Å². The average molecular weight is 643 g/mol. The van der Waals surface area contributed by atoms with E-state index in [1.54, 1.807) is 0 Å². The maximum absolute atomic E-state index is 12.4. The highest BCUT2D eigenvalue weighted by Gasteiger charge is 2.23. The zero-order valence-electron chi connectivity index (χ0n) is 25.3. The van der Waals surface area contributed by atoms with Gasteiger partial charge in [-0.05, 0) is 12.8 Å². The van der Waals surface area contributed by atoms with Gasteiger partial charge in [0.05, 0.1) is 19.3 Å². The van der Waals surface area contributed by atoms with Gasteiger partial charge in [-0.1, -0.05) is 145 Å². The normalized spacial score (nSPS) is 13.8. The summed E-state index contributed by atoms with van der Waals surface area (Å²) in [5.74, 6) is -0.00897. The summed E-state index contributed by atoms with van der Waals surface area (Å²) in [5, 5.41) is 3.36. The van der Waals surface area contributed by atoms with Crippen LogP contribution in [0.3, 0.4) is 0 Å². The van der Waals surface area contributed by atoms with Crippen LogP contribution in [-0.2, 0) is 23.1 Å². The van der Waals surface area contributed by atoms with Gasteiger partial charge in [0, 0.05) is 24.9 Å². The molecule has 0 radical (unpaired) electrons. The van der Waals surface area contributed by atoms with Gasteiger partial charge in [-0.3, -0.25) is 13.8 Å². The molecule has 0 aliphatic rings. The molecule has 0 aliphatic heterocycles. The van der Waals surface area contributed by atoms with E-state index in [2.05, 4.69) is 35.1 Å². The molecule has 9 heteroatoms. The van der Waals surface area contributed by atoms with Crippen LogP contribution in [0.2, 0.25) is 0 Å². The number of hydrogen-bond acceptors (Lipinski definition) is 5. The second kappa shape index (κ2) is 29.5. The molecule has 39 heavy (non-hydrogen) atoms. The number of unbranched alkanes of at least 4 members (excludes halogenated alkanes) is 18. The molecule has 0 aliphatic carbocycles. The van der Waals surface area contributed by atoms with Crippen molar-refractivity contribution in [2.24, 2.45) is 0 Å². The van der Waals surface area contributed by atoms with E-state index in [0.29, 0.717) is 18.4 Å². The van der Waals surface area contributed by atoms with Gasteiger partial charge < -0.3 is 14.9 Å². The Labute approximate surface area is 249 Å². The highest BCUT2D eigenvalue weighted by Crippen LogP contribution is 2.43. The van der Waals surface area contributed by atoms with Crippen LogP contribution in [0.5, 0.6) is 0 Å². The molecule has 0 saturated heterocycles. The van der Waals surface area contributed by atoms with Crippen LogP contribution >= 0.6 is 23.8 Å². The Hall–Kier alpha value is 0.0200. The van der Waals surface area contributed by atoms with Crippen molar-refractivity contribution in [3.63, 3.8) is 0 Å². The van der Waals surface area contributed by atoms with Crippen molar-refractivity contribution in [3.05, 3.63) is 0 Å². The highest BCUT2D eigenvalue weighted by molar-refractivity contribution is 9.09. The Morgan fingerprint density at radius 3 is 1.67 bits per heavy atom. The monoisotopic (exact) mass is 641 g/mol. The van der Waals surface area contributed by atoms with Crippen molar-refractivity contribution in [2.75, 3.05) is 31.7 Å². The lowest BCUT2D eigenvalue weighted by Gasteiger charge is -2.20. The van der Waals surface area contributed by atoms with Crippen molar-refractivity contribution >= 4 is 29.7 Å². The first-order valence-corrected chi connectivity index (χ1v) is 18.6. The molecule has 0 fully saturated rings. The highest BCUT2D eigenvalue weighted by atomic mass is 79.9. The van der Waals surface area contributed by atoms with Crippen LogP contribution in [0.25, 0.3) is 0 Å². The number of amides is 1. The number of carbonyl (C=O) groups is 1. The molecule has 0 heterocycles. The lowest BCUT2D eigenvalue weighted by Crippen LogP contribution is -2.36. The first-order valence-electron chi connectivity index (χ1n) is 16.0. The van der Waals surface area contributed by atoms with Gasteiger partial charge in [-0.25, -0.2) is 4.57 Å². The minimum atomic E-state index is -4.14. The largest absolute Gasteiger partial charge is 0.472 e. The van der Waals surface area contributed by atoms with Crippen LogP contribution in [0.4, 0.5) is 0 Å². The molecule has 0 aromatic carbocycles. The van der Waals surface area contributed by atoms with Crippen molar-refractivity contribution < 1.29 is 28.0 Å². The number of phosphoric ester groups is 1. The molecule has 2 N–H and O–H groups in total. The van der Waals surface area contributed by atoms with E-state index in [0.717, 1.165) is 25.7 Å². The zero-order chi connectivity index (χ0) is 28.9. The van der Waals surface area contributed by atoms with Gasteiger partial charge in [0.2, 0.25) is 5.91 Å². The van der Waals surface area contributed by atoms with E-state index in [4.69, 9.17) is 13.8 Å². The average Bonchev–Trinajstić information content (AvgIpc) is 2.92. The smallest absolute Gasteiger partial charge is 0.374 e. The molecule has 0 aromatic rings. The zero-order valence-corrected chi connectivity index (χ0v) is 27.8. The number of ether oxygens (including phenoxy) is 1. The maximum Gasteiger partial charge on any atom is 0.472 e. The lowest BCUT2D eigenvalue weighted by molar-refractivity contribution is -0.122. The quantitative estimate of drug-likeness (QED) is 0.0445. The van der Waals surface area contributed by atoms with E-state index >= 15 is 0 Å². The molecule has 0 bridgehead atoms. The number of halogens is 1. The number of alkyl halides is 1. The van der Waals surface area contributed by atoms with E-state index in [-0.39, 0.29) is 25.7 Å². The van der Waals surface area contributed by atoms with E-state index in [1.165, 1.54) is 103 Å². The standard InChI is InChI=1S/C30H61BrNO6P/c1-3-5-7-9-11-13-14-15-17-19-21-23-30(33)32-27-29(28-38-39(34,35)37-26-24-31)36-25-22-20-18-16-12-10-8-6-4-2/h29H,3-28H2,1-2H3,(H,32,33)(H,34,35). The number of hydrogen-bond donors (Lipinski definition) is 2. The van der Waals surface area contributed by atoms with Crippen LogP contribution in [-0.4, -0.2) is 48.6 Å². The van der Waals surface area contributed by atoms with Gasteiger partial charge in [0.25, 0.3) is 0 Å². The third-order valence-corrected chi connectivity index (χ3v) is 8.20. The first-order chi connectivity index (χ1) is 18.9. The molecular weight excluding hydrogens is 581 g/mol. The Balaban J connectivity index is 4.12. The second-order valence-corrected chi connectivity index (χ2v) is 12.9. The minimum Gasteiger partial charge on any atom is -0.374 e. The minimum absolute atomic E-state index is 0.00897. The Morgan fingerprint density at radius 2 is 1.18 bits per heavy atom. The van der Waals surface area contributed by atoms with Gasteiger partial charge in [0.1, 0.15) is 0 Å². The topological polar surface area (TPSA) is 94.1 Å².